The number of benzene rings is 1. The lowest BCUT2D eigenvalue weighted by Crippen LogP contribution is -1.99. The molecule has 0 aliphatic rings. The van der Waals surface area contributed by atoms with Crippen LogP contribution in [0.5, 0.6) is 0 Å². The van der Waals surface area contributed by atoms with Crippen LogP contribution in [-0.2, 0) is 0 Å². The van der Waals surface area contributed by atoms with Crippen LogP contribution in [-0.4, -0.2) is 18.7 Å². The van der Waals surface area contributed by atoms with Gasteiger partial charge in [0.25, 0.3) is 0 Å². The van der Waals surface area contributed by atoms with Crippen molar-refractivity contribution in [3.63, 3.8) is 0 Å². The Hall–Kier alpha value is -2.85. The molecule has 5 heteroatoms. The lowest BCUT2D eigenvalue weighted by atomic mass is 10.1. The number of anilines is 2. The maximum atomic E-state index is 5.89. The summed E-state index contributed by atoms with van der Waals surface area (Å²) in [6.45, 7) is 17.6. The van der Waals surface area contributed by atoms with Gasteiger partial charge in [0.1, 0.15) is 0 Å². The Morgan fingerprint density at radius 1 is 1.19 bits per heavy atom. The maximum Gasteiger partial charge on any atom is 0.0907 e. The fourth-order valence-electron chi connectivity index (χ4n) is 2.26. The van der Waals surface area contributed by atoms with E-state index in [2.05, 4.69) is 40.5 Å². The summed E-state index contributed by atoms with van der Waals surface area (Å²) in [6.07, 6.45) is 3.57. The third-order valence-corrected chi connectivity index (χ3v) is 3.78. The van der Waals surface area contributed by atoms with Gasteiger partial charge in [-0.25, -0.2) is 0 Å². The molecule has 0 saturated carbocycles. The van der Waals surface area contributed by atoms with Crippen LogP contribution in [0.4, 0.5) is 11.4 Å². The van der Waals surface area contributed by atoms with Crippen LogP contribution in [0, 0.1) is 0 Å². The summed E-state index contributed by atoms with van der Waals surface area (Å²) in [5, 5.41) is 7.02. The fourth-order valence-corrected chi connectivity index (χ4v) is 2.39. The standard InChI is InChI=1S/C20H21ClN4.C2H6/c1-13(2)17-12-24-20(11-18(17)22-4)19(23-5)10-14(3)25-16-8-6-15(21)7-9-16;1-2/h6-12,25H,1,3,5H2,2,4H3,(H,22,24);1-2H3/b19-10-;. The van der Waals surface area contributed by atoms with E-state index in [0.717, 1.165) is 22.5 Å². The van der Waals surface area contributed by atoms with Crippen LogP contribution in [0.3, 0.4) is 0 Å². The van der Waals surface area contributed by atoms with Crippen molar-refractivity contribution in [2.24, 2.45) is 4.99 Å². The number of allylic oxidation sites excluding steroid dienone is 2. The van der Waals surface area contributed by atoms with Gasteiger partial charge in [-0.3, -0.25) is 9.98 Å². The minimum absolute atomic E-state index is 0.622. The summed E-state index contributed by atoms with van der Waals surface area (Å²) >= 11 is 5.89. The molecule has 0 aliphatic heterocycles. The van der Waals surface area contributed by atoms with E-state index in [1.54, 1.807) is 12.3 Å². The number of halogens is 1. The van der Waals surface area contributed by atoms with E-state index in [-0.39, 0.29) is 0 Å². The van der Waals surface area contributed by atoms with Crippen molar-refractivity contribution in [2.75, 3.05) is 17.7 Å². The molecule has 0 atom stereocenters. The van der Waals surface area contributed by atoms with Crippen molar-refractivity contribution in [2.45, 2.75) is 20.8 Å². The maximum absolute atomic E-state index is 5.89. The molecule has 0 aliphatic carbocycles. The van der Waals surface area contributed by atoms with Gasteiger partial charge in [-0.2, -0.15) is 0 Å². The summed E-state index contributed by atoms with van der Waals surface area (Å²) in [6, 6.07) is 9.29. The van der Waals surface area contributed by atoms with Crippen molar-refractivity contribution in [1.82, 2.24) is 4.98 Å². The highest BCUT2D eigenvalue weighted by Crippen LogP contribution is 2.26. The van der Waals surface area contributed by atoms with Crippen molar-refractivity contribution in [3.05, 3.63) is 77.7 Å². The van der Waals surface area contributed by atoms with E-state index in [0.29, 0.717) is 22.1 Å². The van der Waals surface area contributed by atoms with E-state index in [1.165, 1.54) is 0 Å². The van der Waals surface area contributed by atoms with Gasteiger partial charge >= 0.3 is 0 Å². The zero-order valence-electron chi connectivity index (χ0n) is 16.4. The highest BCUT2D eigenvalue weighted by molar-refractivity contribution is 6.30. The average Bonchev–Trinajstić information content (AvgIpc) is 2.68. The molecule has 1 aromatic heterocycles. The number of nitrogens with zero attached hydrogens (tertiary/aromatic N) is 2. The highest BCUT2D eigenvalue weighted by atomic mass is 35.5. The normalized spacial score (nSPS) is 10.3. The van der Waals surface area contributed by atoms with E-state index in [9.17, 15) is 0 Å². The molecule has 0 fully saturated rings. The van der Waals surface area contributed by atoms with E-state index >= 15 is 0 Å². The van der Waals surface area contributed by atoms with Crippen LogP contribution >= 0.6 is 11.6 Å². The molecule has 0 amide bonds. The van der Waals surface area contributed by atoms with Gasteiger partial charge in [-0.1, -0.05) is 38.6 Å². The lowest BCUT2D eigenvalue weighted by molar-refractivity contribution is 1.23. The SMILES string of the molecule is C=N/C(=C\C(=C)Nc1ccc(Cl)cc1)c1cc(NC)c(C(=C)C)cn1.CC. The van der Waals surface area contributed by atoms with Gasteiger partial charge in [0.2, 0.25) is 0 Å². The molecule has 4 nitrogen and oxygen atoms in total. The Morgan fingerprint density at radius 3 is 2.33 bits per heavy atom. The highest BCUT2D eigenvalue weighted by Gasteiger charge is 2.08. The van der Waals surface area contributed by atoms with Crippen LogP contribution in [0.1, 0.15) is 32.0 Å². The first-order chi connectivity index (χ1) is 12.9. The molecule has 2 rings (SSSR count). The van der Waals surface area contributed by atoms with E-state index < -0.39 is 0 Å². The first kappa shape index (κ1) is 22.2. The zero-order valence-corrected chi connectivity index (χ0v) is 17.2. The van der Waals surface area contributed by atoms with Gasteiger partial charge in [-0.15, -0.1) is 0 Å². The number of pyridine rings is 1. The quantitative estimate of drug-likeness (QED) is 0.424. The van der Waals surface area contributed by atoms with E-state index in [4.69, 9.17) is 11.6 Å². The second-order valence-corrected chi connectivity index (χ2v) is 5.93. The first-order valence-corrected chi connectivity index (χ1v) is 9.06. The molecule has 0 radical (unpaired) electrons. The average molecular weight is 383 g/mol. The second-order valence-electron chi connectivity index (χ2n) is 5.49. The van der Waals surface area contributed by atoms with Crippen molar-refractivity contribution in [1.29, 1.82) is 0 Å². The Balaban J connectivity index is 0.00000176. The van der Waals surface area contributed by atoms with Gasteiger partial charge in [0, 0.05) is 40.9 Å². The molecule has 0 spiro atoms. The molecule has 1 aromatic carbocycles. The van der Waals surface area contributed by atoms with Crippen LogP contribution in [0.2, 0.25) is 5.02 Å². The Bertz CT molecular complexity index is 836. The second kappa shape index (κ2) is 11.0. The summed E-state index contributed by atoms with van der Waals surface area (Å²) in [5.41, 5.74) is 5.71. The minimum atomic E-state index is 0.622. The zero-order chi connectivity index (χ0) is 20.4. The minimum Gasteiger partial charge on any atom is -0.388 e. The summed E-state index contributed by atoms with van der Waals surface area (Å²) in [7, 11) is 1.86. The first-order valence-electron chi connectivity index (χ1n) is 8.68. The Kier molecular flexibility index (Phi) is 9.03. The topological polar surface area (TPSA) is 49.3 Å². The Labute approximate surface area is 167 Å². The number of nitrogens with one attached hydrogen (secondary N) is 2. The summed E-state index contributed by atoms with van der Waals surface area (Å²) in [5.74, 6) is 0. The molecule has 0 saturated heterocycles. The molecule has 0 unspecified atom stereocenters. The smallest absolute Gasteiger partial charge is 0.0907 e. The monoisotopic (exact) mass is 382 g/mol. The lowest BCUT2D eigenvalue weighted by Gasteiger charge is -2.11. The molecule has 1 heterocycles. The molecule has 2 N–H and O–H groups in total. The molecule has 2 aromatic rings. The Morgan fingerprint density at radius 2 is 1.81 bits per heavy atom. The molecular weight excluding hydrogens is 356 g/mol. The number of rotatable bonds is 7. The van der Waals surface area contributed by atoms with Crippen LogP contribution in [0.25, 0.3) is 11.3 Å². The number of hydrogen-bond acceptors (Lipinski definition) is 4. The predicted molar refractivity (Wildman–Crippen MR) is 122 cm³/mol. The third kappa shape index (κ3) is 6.42. The third-order valence-electron chi connectivity index (χ3n) is 3.53. The predicted octanol–water partition coefficient (Wildman–Crippen LogP) is 6.50. The van der Waals surface area contributed by atoms with Gasteiger partial charge in [0.05, 0.1) is 11.4 Å². The van der Waals surface area contributed by atoms with Crippen molar-refractivity contribution >= 4 is 41.0 Å². The van der Waals surface area contributed by atoms with Crippen LogP contribution < -0.4 is 10.6 Å². The van der Waals surface area contributed by atoms with Gasteiger partial charge < -0.3 is 10.6 Å². The van der Waals surface area contributed by atoms with Crippen LogP contribution in [0.15, 0.2) is 66.5 Å². The van der Waals surface area contributed by atoms with Crippen molar-refractivity contribution in [3.8, 4) is 0 Å². The number of aliphatic imine (C=N–C) groups is 1. The summed E-state index contributed by atoms with van der Waals surface area (Å²) < 4.78 is 0. The van der Waals surface area contributed by atoms with Gasteiger partial charge in [0.15, 0.2) is 0 Å². The van der Waals surface area contributed by atoms with E-state index in [1.807, 2.05) is 58.2 Å². The molecule has 27 heavy (non-hydrogen) atoms. The number of aromatic nitrogens is 1. The molecular formula is C22H27ClN4. The fraction of sp³-hybridized carbons (Fsp3) is 0.182. The largest absolute Gasteiger partial charge is 0.388 e. The van der Waals surface area contributed by atoms with Gasteiger partial charge in [-0.05, 0) is 55.6 Å². The summed E-state index contributed by atoms with van der Waals surface area (Å²) in [4.78, 5) is 8.54. The molecule has 0 bridgehead atoms. The molecule has 142 valence electrons. The number of hydrogen-bond donors (Lipinski definition) is 2. The van der Waals surface area contributed by atoms with Crippen molar-refractivity contribution < 1.29 is 0 Å².